The van der Waals surface area contributed by atoms with Gasteiger partial charge in [0.05, 0.1) is 38.1 Å². The van der Waals surface area contributed by atoms with Gasteiger partial charge in [0.15, 0.2) is 6.10 Å². The average molecular weight is 448 g/mol. The average Bonchev–Trinajstić information content (AvgIpc) is 3.40. The Morgan fingerprint density at radius 3 is 2.53 bits per heavy atom. The Hall–Kier alpha value is -1.89. The zero-order valence-electron chi connectivity index (χ0n) is 18.4. The summed E-state index contributed by atoms with van der Waals surface area (Å²) in [5.74, 6) is 0.979. The van der Waals surface area contributed by atoms with Crippen molar-refractivity contribution in [2.45, 2.75) is 75.2 Å². The number of aliphatic hydroxyl groups is 1. The normalized spacial score (nSPS) is 41.8. The lowest BCUT2D eigenvalue weighted by atomic mass is 9.46. The summed E-state index contributed by atoms with van der Waals surface area (Å²) in [5, 5.41) is 18.5. The monoisotopic (exact) mass is 447 g/mol. The maximum absolute atomic E-state index is 13.8. The van der Waals surface area contributed by atoms with Crippen LogP contribution in [0.25, 0.3) is 0 Å². The molecule has 3 N–H and O–H groups in total. The van der Waals surface area contributed by atoms with Crippen LogP contribution in [0.15, 0.2) is 0 Å². The number of carbonyl (C=O) groups is 2. The third-order valence-electron chi connectivity index (χ3n) is 8.45. The highest BCUT2D eigenvalue weighted by molar-refractivity contribution is 5.86. The van der Waals surface area contributed by atoms with Gasteiger partial charge in [0.2, 0.25) is 0 Å². The molecular formula is C23H33N3O6. The van der Waals surface area contributed by atoms with E-state index in [0.29, 0.717) is 43.8 Å². The largest absolute Gasteiger partial charge is 0.436 e. The first kappa shape index (κ1) is 21.9. The summed E-state index contributed by atoms with van der Waals surface area (Å²) < 4.78 is 17.4. The lowest BCUT2D eigenvalue weighted by Gasteiger charge is -2.62. The second-order valence-electron chi connectivity index (χ2n) is 10.7. The molecule has 176 valence electrons. The maximum atomic E-state index is 13.8. The van der Waals surface area contributed by atoms with Crippen LogP contribution in [0.2, 0.25) is 0 Å². The summed E-state index contributed by atoms with van der Waals surface area (Å²) in [5.41, 5.74) is 4.60. The van der Waals surface area contributed by atoms with Gasteiger partial charge in [-0.05, 0) is 69.1 Å². The molecule has 4 bridgehead atoms. The number of rotatable bonds is 9. The molecule has 0 aromatic rings. The summed E-state index contributed by atoms with van der Waals surface area (Å²) in [6.07, 6.45) is 5.01. The highest BCUT2D eigenvalue weighted by atomic mass is 16.6. The molecule has 0 spiro atoms. The van der Waals surface area contributed by atoms with E-state index in [-0.39, 0.29) is 30.8 Å². The molecule has 1 heterocycles. The lowest BCUT2D eigenvalue weighted by Crippen LogP contribution is -2.64. The molecule has 6 fully saturated rings. The van der Waals surface area contributed by atoms with Gasteiger partial charge in [-0.15, -0.1) is 0 Å². The second kappa shape index (κ2) is 8.15. The number of nitriles is 1. The molecule has 0 aromatic heterocycles. The van der Waals surface area contributed by atoms with E-state index < -0.39 is 23.7 Å². The van der Waals surface area contributed by atoms with Gasteiger partial charge >= 0.3 is 6.09 Å². The number of nitrogens with two attached hydrogens (primary N) is 1. The Kier molecular flexibility index (Phi) is 5.59. The van der Waals surface area contributed by atoms with Crippen molar-refractivity contribution in [3.63, 3.8) is 0 Å². The highest BCUT2D eigenvalue weighted by Gasteiger charge is 2.65. The predicted molar refractivity (Wildman–Crippen MR) is 111 cm³/mol. The van der Waals surface area contributed by atoms with Crippen molar-refractivity contribution in [1.82, 2.24) is 4.90 Å². The number of primary amides is 1. The lowest BCUT2D eigenvalue weighted by molar-refractivity contribution is -0.221. The molecule has 32 heavy (non-hydrogen) atoms. The Morgan fingerprint density at radius 2 is 1.88 bits per heavy atom. The van der Waals surface area contributed by atoms with Crippen molar-refractivity contribution in [2.24, 2.45) is 28.9 Å². The highest BCUT2D eigenvalue weighted by Crippen LogP contribution is 2.65. The first-order valence-electron chi connectivity index (χ1n) is 11.9. The summed E-state index contributed by atoms with van der Waals surface area (Å²) in [6.45, 7) is 1.10. The van der Waals surface area contributed by atoms with Gasteiger partial charge in [0.1, 0.15) is 6.04 Å². The van der Waals surface area contributed by atoms with Crippen molar-refractivity contribution >= 4 is 12.0 Å². The molecular weight excluding hydrogens is 414 g/mol. The molecule has 1 aliphatic heterocycles. The minimum Gasteiger partial charge on any atom is -0.436 e. The van der Waals surface area contributed by atoms with Crippen LogP contribution in [0.5, 0.6) is 0 Å². The van der Waals surface area contributed by atoms with E-state index in [4.69, 9.17) is 25.1 Å². The van der Waals surface area contributed by atoms with E-state index in [1.807, 2.05) is 0 Å². The fraction of sp³-hybridized carbons (Fsp3) is 0.870. The number of amides is 2. The van der Waals surface area contributed by atoms with E-state index in [1.165, 1.54) is 0 Å². The number of likely N-dealkylation sites (tertiary alicyclic amines) is 1. The van der Waals surface area contributed by atoms with E-state index in [9.17, 15) is 14.9 Å². The predicted octanol–water partition coefficient (Wildman–Crippen LogP) is 1.33. The van der Waals surface area contributed by atoms with Crippen LogP contribution in [0.3, 0.4) is 0 Å². The van der Waals surface area contributed by atoms with Crippen LogP contribution in [-0.4, -0.2) is 72.2 Å². The smallest absolute Gasteiger partial charge is 0.405 e. The molecule has 6 aliphatic rings. The molecule has 3 unspecified atom stereocenters. The number of piperidine rings is 1. The molecule has 5 aliphatic carbocycles. The van der Waals surface area contributed by atoms with E-state index >= 15 is 0 Å². The van der Waals surface area contributed by atoms with Crippen LogP contribution in [0.4, 0.5) is 4.79 Å². The molecule has 6 rings (SSSR count). The zero-order valence-corrected chi connectivity index (χ0v) is 18.4. The fourth-order valence-corrected chi connectivity index (χ4v) is 7.79. The number of ether oxygens (including phenoxy) is 3. The summed E-state index contributed by atoms with van der Waals surface area (Å²) >= 11 is 0. The first-order valence-corrected chi connectivity index (χ1v) is 11.9. The van der Waals surface area contributed by atoms with Gasteiger partial charge in [-0.1, -0.05) is 0 Å². The number of hydrogen-bond donors (Lipinski definition) is 2. The Bertz CT molecular complexity index is 798. The van der Waals surface area contributed by atoms with Crippen LogP contribution < -0.4 is 5.73 Å². The standard InChI is InChI=1S/C23H33N3O6/c24-12-17-6-16-7-18(16)26(17)20(28)19(32-21(25)29)22-8-14-5-15(9-22)11-23(10-14,13-22)31-4-3-30-2-1-27/h14-19,27H,1-11,13H2,(H2,25,29)/t14?,15?,16-,17+,18+,19?,22?,23?/m1/s1. The van der Waals surface area contributed by atoms with Gasteiger partial charge in [-0.3, -0.25) is 4.79 Å². The minimum atomic E-state index is -0.963. The molecule has 6 atom stereocenters. The summed E-state index contributed by atoms with van der Waals surface area (Å²) in [7, 11) is 0. The van der Waals surface area contributed by atoms with E-state index in [0.717, 1.165) is 38.5 Å². The van der Waals surface area contributed by atoms with Crippen molar-refractivity contribution in [3.8, 4) is 6.07 Å². The quantitative estimate of drug-likeness (QED) is 0.509. The summed E-state index contributed by atoms with van der Waals surface area (Å²) in [6, 6.07) is 1.91. The van der Waals surface area contributed by atoms with Crippen LogP contribution in [0.1, 0.15) is 51.4 Å². The van der Waals surface area contributed by atoms with Crippen LogP contribution in [0, 0.1) is 34.5 Å². The number of carbonyl (C=O) groups excluding carboxylic acids is 2. The third kappa shape index (κ3) is 3.76. The molecule has 0 aromatic carbocycles. The molecule has 2 amide bonds. The van der Waals surface area contributed by atoms with Gasteiger partial charge in [0.25, 0.3) is 5.91 Å². The van der Waals surface area contributed by atoms with Gasteiger partial charge in [-0.2, -0.15) is 5.26 Å². The Balaban J connectivity index is 1.38. The third-order valence-corrected chi connectivity index (χ3v) is 8.45. The number of hydrogen-bond acceptors (Lipinski definition) is 7. The first-order chi connectivity index (χ1) is 15.4. The van der Waals surface area contributed by atoms with E-state index in [1.54, 1.807) is 4.90 Å². The minimum absolute atomic E-state index is 0.0192. The SMILES string of the molecule is N#C[C@@H]1C[C@@H]2C[C@@H]2N1C(=O)C(OC(N)=O)C12CC3CC(CC(OCCOCCO)(C3)C1)C2. The molecule has 9 nitrogen and oxygen atoms in total. The van der Waals surface area contributed by atoms with Crippen molar-refractivity contribution in [3.05, 3.63) is 0 Å². The van der Waals surface area contributed by atoms with Crippen LogP contribution >= 0.6 is 0 Å². The molecule has 0 radical (unpaired) electrons. The number of aliphatic hydroxyl groups excluding tert-OH is 1. The van der Waals surface area contributed by atoms with Gasteiger partial charge < -0.3 is 30.0 Å². The molecule has 5 saturated carbocycles. The van der Waals surface area contributed by atoms with Crippen LogP contribution in [-0.2, 0) is 19.0 Å². The molecule has 9 heteroatoms. The fourth-order valence-electron chi connectivity index (χ4n) is 7.79. The van der Waals surface area contributed by atoms with Gasteiger partial charge in [-0.25, -0.2) is 4.79 Å². The Labute approximate surface area is 188 Å². The van der Waals surface area contributed by atoms with Crippen molar-refractivity contribution in [1.29, 1.82) is 5.26 Å². The zero-order chi connectivity index (χ0) is 22.5. The topological polar surface area (TPSA) is 135 Å². The number of fused-ring (bicyclic) bond motifs is 1. The van der Waals surface area contributed by atoms with Gasteiger partial charge in [0, 0.05) is 11.5 Å². The number of nitrogens with zero attached hydrogens (tertiary/aromatic N) is 2. The van der Waals surface area contributed by atoms with Crippen molar-refractivity contribution in [2.75, 3.05) is 26.4 Å². The van der Waals surface area contributed by atoms with E-state index in [2.05, 4.69) is 6.07 Å². The van der Waals surface area contributed by atoms with Crippen molar-refractivity contribution < 1.29 is 28.9 Å². The summed E-state index contributed by atoms with van der Waals surface area (Å²) in [4.78, 5) is 27.4. The maximum Gasteiger partial charge on any atom is 0.405 e. The Morgan fingerprint density at radius 1 is 1.12 bits per heavy atom. The molecule has 1 saturated heterocycles. The second-order valence-corrected chi connectivity index (χ2v) is 10.7.